The maximum absolute atomic E-state index is 12.6. The van der Waals surface area contributed by atoms with Crippen LogP contribution in [-0.4, -0.2) is 92.1 Å². The predicted octanol–water partition coefficient (Wildman–Crippen LogP) is 2.13. The van der Waals surface area contributed by atoms with E-state index in [0.29, 0.717) is 35.7 Å². The minimum Gasteiger partial charge on any atom is -0.462 e. The van der Waals surface area contributed by atoms with Gasteiger partial charge in [-0.25, -0.2) is 4.79 Å². The molecule has 7 nitrogen and oxygen atoms in total. The van der Waals surface area contributed by atoms with E-state index in [2.05, 4.69) is 34.0 Å². The Morgan fingerprint density at radius 1 is 1.24 bits per heavy atom. The number of piperazine rings is 1. The van der Waals surface area contributed by atoms with Gasteiger partial charge >= 0.3 is 5.97 Å². The Labute approximate surface area is 178 Å². The topological polar surface area (TPSA) is 65.1 Å². The number of anilines is 1. The molecule has 2 unspecified atom stereocenters. The SMILES string of the molecule is CCOC(=O)c1cc(C)sc1NC(=O)CN1CCC(N2CCN(C)CC2)C(C)C1. The van der Waals surface area contributed by atoms with Crippen LogP contribution in [0.25, 0.3) is 0 Å². The number of piperidine rings is 1. The predicted molar refractivity (Wildman–Crippen MR) is 117 cm³/mol. The maximum Gasteiger partial charge on any atom is 0.341 e. The van der Waals surface area contributed by atoms with Gasteiger partial charge in [-0.1, -0.05) is 6.92 Å². The highest BCUT2D eigenvalue weighted by molar-refractivity contribution is 7.16. The lowest BCUT2D eigenvalue weighted by Crippen LogP contribution is -2.56. The number of likely N-dealkylation sites (tertiary alicyclic amines) is 1. The molecule has 2 fully saturated rings. The number of amides is 1. The Bertz CT molecular complexity index is 715. The number of hydrogen-bond acceptors (Lipinski definition) is 7. The lowest BCUT2D eigenvalue weighted by molar-refractivity contribution is -0.118. The highest BCUT2D eigenvalue weighted by atomic mass is 32.1. The molecule has 2 aliphatic heterocycles. The fourth-order valence-electron chi connectivity index (χ4n) is 4.40. The van der Waals surface area contributed by atoms with E-state index in [9.17, 15) is 9.59 Å². The molecule has 0 spiro atoms. The molecule has 8 heteroatoms. The van der Waals surface area contributed by atoms with Crippen LogP contribution in [0.3, 0.4) is 0 Å². The van der Waals surface area contributed by atoms with Crippen LogP contribution in [0, 0.1) is 12.8 Å². The van der Waals surface area contributed by atoms with Crippen LogP contribution in [0.2, 0.25) is 0 Å². The van der Waals surface area contributed by atoms with Gasteiger partial charge in [0.1, 0.15) is 5.00 Å². The van der Waals surface area contributed by atoms with Gasteiger partial charge < -0.3 is 15.0 Å². The van der Waals surface area contributed by atoms with Gasteiger partial charge in [-0.15, -0.1) is 11.3 Å². The van der Waals surface area contributed by atoms with E-state index in [1.807, 2.05) is 6.92 Å². The zero-order valence-corrected chi connectivity index (χ0v) is 18.9. The van der Waals surface area contributed by atoms with Crippen molar-refractivity contribution in [3.8, 4) is 0 Å². The molecule has 1 N–H and O–H groups in total. The summed E-state index contributed by atoms with van der Waals surface area (Å²) in [5, 5.41) is 3.52. The molecule has 2 aliphatic rings. The van der Waals surface area contributed by atoms with Gasteiger partial charge in [-0.2, -0.15) is 0 Å². The molecule has 162 valence electrons. The summed E-state index contributed by atoms with van der Waals surface area (Å²) < 4.78 is 5.10. The summed E-state index contributed by atoms with van der Waals surface area (Å²) in [5.74, 6) is 0.0930. The number of ether oxygens (including phenoxy) is 1. The summed E-state index contributed by atoms with van der Waals surface area (Å²) in [7, 11) is 2.18. The number of rotatable bonds is 6. The van der Waals surface area contributed by atoms with E-state index in [1.165, 1.54) is 11.3 Å². The Balaban J connectivity index is 1.51. The first-order chi connectivity index (χ1) is 13.9. The van der Waals surface area contributed by atoms with E-state index in [1.54, 1.807) is 13.0 Å². The summed E-state index contributed by atoms with van der Waals surface area (Å²) in [6.45, 7) is 13.1. The van der Waals surface area contributed by atoms with Crippen molar-refractivity contribution in [3.05, 3.63) is 16.5 Å². The number of esters is 1. The average molecular weight is 423 g/mol. The van der Waals surface area contributed by atoms with Crippen LogP contribution in [0.4, 0.5) is 5.00 Å². The van der Waals surface area contributed by atoms with Gasteiger partial charge in [0, 0.05) is 50.2 Å². The fraction of sp³-hybridized carbons (Fsp3) is 0.714. The quantitative estimate of drug-likeness (QED) is 0.709. The van der Waals surface area contributed by atoms with Crippen molar-refractivity contribution in [2.24, 2.45) is 5.92 Å². The first-order valence-electron chi connectivity index (χ1n) is 10.6. The number of aryl methyl sites for hydroxylation is 1. The Hall–Kier alpha value is -1.48. The number of nitrogens with one attached hydrogen (secondary N) is 1. The number of hydrogen-bond donors (Lipinski definition) is 1. The second-order valence-electron chi connectivity index (χ2n) is 8.28. The molecular weight excluding hydrogens is 388 g/mol. The molecule has 2 atom stereocenters. The third kappa shape index (κ3) is 5.78. The Morgan fingerprint density at radius 3 is 2.62 bits per heavy atom. The van der Waals surface area contributed by atoms with Crippen LogP contribution in [0.1, 0.15) is 35.5 Å². The van der Waals surface area contributed by atoms with E-state index >= 15 is 0 Å². The largest absolute Gasteiger partial charge is 0.462 e. The second kappa shape index (κ2) is 10.0. The number of thiophene rings is 1. The summed E-state index contributed by atoms with van der Waals surface area (Å²) in [6, 6.07) is 2.39. The van der Waals surface area contributed by atoms with Crippen molar-refractivity contribution in [2.45, 2.75) is 33.2 Å². The molecular formula is C21H34N4O3S. The lowest BCUT2D eigenvalue weighted by Gasteiger charge is -2.45. The summed E-state index contributed by atoms with van der Waals surface area (Å²) in [5.41, 5.74) is 0.449. The lowest BCUT2D eigenvalue weighted by atomic mass is 9.92. The average Bonchev–Trinajstić information content (AvgIpc) is 3.03. The molecule has 0 radical (unpaired) electrons. The van der Waals surface area contributed by atoms with Crippen LogP contribution >= 0.6 is 11.3 Å². The maximum atomic E-state index is 12.6. The molecule has 1 aromatic rings. The van der Waals surface area contributed by atoms with Crippen molar-refractivity contribution in [2.75, 3.05) is 64.8 Å². The smallest absolute Gasteiger partial charge is 0.341 e. The third-order valence-corrected chi connectivity index (χ3v) is 6.89. The van der Waals surface area contributed by atoms with Gasteiger partial charge in [0.2, 0.25) is 5.91 Å². The Morgan fingerprint density at radius 2 is 1.97 bits per heavy atom. The van der Waals surface area contributed by atoms with Crippen molar-refractivity contribution in [1.82, 2.24) is 14.7 Å². The minimum atomic E-state index is -0.381. The first-order valence-corrected chi connectivity index (χ1v) is 11.4. The van der Waals surface area contributed by atoms with Gasteiger partial charge in [-0.3, -0.25) is 14.6 Å². The first kappa shape index (κ1) is 22.2. The van der Waals surface area contributed by atoms with Gasteiger partial charge in [-0.05, 0) is 39.3 Å². The van der Waals surface area contributed by atoms with Crippen molar-refractivity contribution in [1.29, 1.82) is 0 Å². The number of likely N-dealkylation sites (N-methyl/N-ethyl adjacent to an activating group) is 1. The van der Waals surface area contributed by atoms with Crippen LogP contribution in [0.15, 0.2) is 6.07 Å². The molecule has 29 heavy (non-hydrogen) atoms. The van der Waals surface area contributed by atoms with E-state index in [4.69, 9.17) is 4.74 Å². The highest BCUT2D eigenvalue weighted by Gasteiger charge is 2.32. The van der Waals surface area contributed by atoms with E-state index < -0.39 is 0 Å². The molecule has 3 heterocycles. The van der Waals surface area contributed by atoms with Crippen LogP contribution in [0.5, 0.6) is 0 Å². The molecule has 0 bridgehead atoms. The van der Waals surface area contributed by atoms with E-state index in [0.717, 1.165) is 50.6 Å². The minimum absolute atomic E-state index is 0.0670. The molecule has 0 aromatic carbocycles. The number of carbonyl (C=O) groups is 2. The van der Waals surface area contributed by atoms with E-state index in [-0.39, 0.29) is 11.9 Å². The van der Waals surface area contributed by atoms with Gasteiger partial charge in [0.15, 0.2) is 0 Å². The zero-order valence-electron chi connectivity index (χ0n) is 18.1. The van der Waals surface area contributed by atoms with Gasteiger partial charge in [0.25, 0.3) is 0 Å². The number of nitrogens with zero attached hydrogens (tertiary/aromatic N) is 3. The normalized spacial score (nSPS) is 24.4. The fourth-order valence-corrected chi connectivity index (χ4v) is 5.31. The molecule has 2 saturated heterocycles. The van der Waals surface area contributed by atoms with Crippen molar-refractivity contribution >= 4 is 28.2 Å². The summed E-state index contributed by atoms with van der Waals surface area (Å²) >= 11 is 1.42. The Kier molecular flexibility index (Phi) is 7.67. The zero-order chi connectivity index (χ0) is 21.0. The molecule has 1 aromatic heterocycles. The van der Waals surface area contributed by atoms with Crippen LogP contribution < -0.4 is 5.32 Å². The molecule has 0 saturated carbocycles. The standard InChI is InChI=1S/C21H34N4O3S/c1-5-28-21(27)17-12-16(3)29-20(17)22-19(26)14-24-7-6-18(15(2)13-24)25-10-8-23(4)9-11-25/h12,15,18H,5-11,13-14H2,1-4H3,(H,22,26). The summed E-state index contributed by atoms with van der Waals surface area (Å²) in [4.78, 5) is 33.0. The highest BCUT2D eigenvalue weighted by Crippen LogP contribution is 2.29. The van der Waals surface area contributed by atoms with Crippen molar-refractivity contribution in [3.63, 3.8) is 0 Å². The van der Waals surface area contributed by atoms with Crippen molar-refractivity contribution < 1.29 is 14.3 Å². The summed E-state index contributed by atoms with van der Waals surface area (Å²) in [6.07, 6.45) is 1.10. The monoisotopic (exact) mass is 422 g/mol. The van der Waals surface area contributed by atoms with Gasteiger partial charge in [0.05, 0.1) is 18.7 Å². The number of carbonyl (C=O) groups excluding carboxylic acids is 2. The molecule has 1 amide bonds. The van der Waals surface area contributed by atoms with Crippen LogP contribution in [-0.2, 0) is 9.53 Å². The third-order valence-electron chi connectivity index (χ3n) is 5.92. The molecule has 0 aliphatic carbocycles. The molecule has 3 rings (SSSR count). The second-order valence-corrected chi connectivity index (χ2v) is 9.53.